The second kappa shape index (κ2) is 10.4. The molecule has 29 heavy (non-hydrogen) atoms. The van der Waals surface area contributed by atoms with Gasteiger partial charge in [-0.25, -0.2) is 4.98 Å². The van der Waals surface area contributed by atoms with Crippen LogP contribution < -0.4 is 10.6 Å². The molecule has 3 aromatic rings. The van der Waals surface area contributed by atoms with Gasteiger partial charge in [0.25, 0.3) is 11.8 Å². The number of hydrogen-bond acceptors (Lipinski definition) is 4. The van der Waals surface area contributed by atoms with E-state index in [2.05, 4.69) is 31.5 Å². The number of hydrogen-bond donors (Lipinski definition) is 2. The van der Waals surface area contributed by atoms with Gasteiger partial charge in [0.15, 0.2) is 0 Å². The van der Waals surface area contributed by atoms with Gasteiger partial charge < -0.3 is 10.6 Å². The van der Waals surface area contributed by atoms with Crippen LogP contribution in [0.2, 0.25) is 5.02 Å². The van der Waals surface area contributed by atoms with Gasteiger partial charge in [0.05, 0.1) is 16.1 Å². The van der Waals surface area contributed by atoms with Gasteiger partial charge in [-0.2, -0.15) is 0 Å². The third-order valence-corrected chi connectivity index (χ3v) is 5.74. The van der Waals surface area contributed by atoms with Crippen molar-refractivity contribution < 1.29 is 9.59 Å². The van der Waals surface area contributed by atoms with Gasteiger partial charge in [-0.3, -0.25) is 9.59 Å². The Morgan fingerprint density at radius 2 is 1.52 bits per heavy atom. The second-order valence-corrected chi connectivity index (χ2v) is 8.29. The van der Waals surface area contributed by atoms with Gasteiger partial charge in [-0.1, -0.05) is 51.4 Å². The number of benzene rings is 2. The van der Waals surface area contributed by atoms with Gasteiger partial charge in [-0.05, 0) is 48.5 Å². The third-order valence-electron chi connectivity index (χ3n) is 3.86. The van der Waals surface area contributed by atoms with E-state index in [0.717, 1.165) is 9.37 Å². The van der Waals surface area contributed by atoms with Crippen LogP contribution in [0.3, 0.4) is 0 Å². The van der Waals surface area contributed by atoms with Crippen molar-refractivity contribution in [1.82, 2.24) is 15.6 Å². The summed E-state index contributed by atoms with van der Waals surface area (Å²) in [4.78, 5) is 30.0. The highest BCUT2D eigenvalue weighted by atomic mass is 79.9. The van der Waals surface area contributed by atoms with Crippen LogP contribution >= 0.6 is 39.3 Å². The summed E-state index contributed by atoms with van der Waals surface area (Å²) in [6, 6.07) is 18.0. The molecule has 0 fully saturated rings. The first-order chi connectivity index (χ1) is 14.0. The first-order valence-electron chi connectivity index (χ1n) is 8.74. The van der Waals surface area contributed by atoms with Gasteiger partial charge in [-0.15, -0.1) is 0 Å². The van der Waals surface area contributed by atoms with Gasteiger partial charge in [0.2, 0.25) is 0 Å². The summed E-state index contributed by atoms with van der Waals surface area (Å²) in [6.45, 7) is 0.567. The van der Waals surface area contributed by atoms with Crippen molar-refractivity contribution in [2.24, 2.45) is 0 Å². The standard InChI is InChI=1S/C21H17BrClN3O2S/c22-14-7-9-15(10-8-14)29-21-17(5-3-11-26-21)20(28)25-13-12-24-19(27)16-4-1-2-6-18(16)23/h1-11H,12-13H2,(H,24,27)(H,25,28). The Kier molecular flexibility index (Phi) is 7.69. The van der Waals surface area contributed by atoms with Crippen LogP contribution in [0.4, 0.5) is 0 Å². The van der Waals surface area contributed by atoms with E-state index in [9.17, 15) is 9.59 Å². The summed E-state index contributed by atoms with van der Waals surface area (Å²) in [6.07, 6.45) is 1.65. The molecule has 2 amide bonds. The first kappa shape index (κ1) is 21.4. The largest absolute Gasteiger partial charge is 0.350 e. The SMILES string of the molecule is O=C(NCCNC(=O)c1cccnc1Sc1ccc(Br)cc1)c1ccccc1Cl. The molecule has 0 radical (unpaired) electrons. The molecule has 1 aromatic heterocycles. The molecular formula is C21H17BrClN3O2S. The van der Waals surface area contributed by atoms with Crippen molar-refractivity contribution in [3.63, 3.8) is 0 Å². The van der Waals surface area contributed by atoms with Crippen LogP contribution in [-0.2, 0) is 0 Å². The fourth-order valence-corrected chi connectivity index (χ4v) is 3.81. The maximum atomic E-state index is 12.6. The van der Waals surface area contributed by atoms with E-state index in [1.54, 1.807) is 42.6 Å². The lowest BCUT2D eigenvalue weighted by molar-refractivity contribution is 0.0926. The van der Waals surface area contributed by atoms with Crippen molar-refractivity contribution in [2.45, 2.75) is 9.92 Å². The van der Waals surface area contributed by atoms with Crippen molar-refractivity contribution in [2.75, 3.05) is 13.1 Å². The fraction of sp³-hybridized carbons (Fsp3) is 0.0952. The van der Waals surface area contributed by atoms with Crippen LogP contribution in [-0.4, -0.2) is 29.9 Å². The molecule has 0 aliphatic rings. The summed E-state index contributed by atoms with van der Waals surface area (Å²) in [5.74, 6) is -0.526. The number of rotatable bonds is 7. The molecule has 2 N–H and O–H groups in total. The Morgan fingerprint density at radius 1 is 0.897 bits per heavy atom. The van der Waals surface area contributed by atoms with E-state index in [-0.39, 0.29) is 24.9 Å². The number of carbonyl (C=O) groups is 2. The maximum absolute atomic E-state index is 12.6. The van der Waals surface area contributed by atoms with Gasteiger partial charge in [0, 0.05) is 28.7 Å². The minimum atomic E-state index is -0.280. The lowest BCUT2D eigenvalue weighted by Gasteiger charge is -2.10. The molecule has 0 spiro atoms. The number of nitrogens with one attached hydrogen (secondary N) is 2. The summed E-state index contributed by atoms with van der Waals surface area (Å²) in [7, 11) is 0. The fourth-order valence-electron chi connectivity index (χ4n) is 2.45. The molecule has 2 aromatic carbocycles. The lowest BCUT2D eigenvalue weighted by Crippen LogP contribution is -2.35. The minimum absolute atomic E-state index is 0.246. The second-order valence-electron chi connectivity index (χ2n) is 5.90. The zero-order valence-corrected chi connectivity index (χ0v) is 18.4. The number of pyridine rings is 1. The van der Waals surface area contributed by atoms with Crippen LogP contribution in [0.25, 0.3) is 0 Å². The number of amides is 2. The molecule has 0 saturated carbocycles. The van der Waals surface area contributed by atoms with Gasteiger partial charge in [0.1, 0.15) is 5.03 Å². The zero-order valence-electron chi connectivity index (χ0n) is 15.2. The molecular weight excluding hydrogens is 474 g/mol. The third kappa shape index (κ3) is 6.06. The molecule has 5 nitrogen and oxygen atoms in total. The summed E-state index contributed by atoms with van der Waals surface area (Å²) < 4.78 is 0.986. The number of aromatic nitrogens is 1. The Balaban J connectivity index is 1.55. The molecule has 8 heteroatoms. The Labute approximate surface area is 186 Å². The Bertz CT molecular complexity index is 1010. The molecule has 0 aliphatic carbocycles. The molecule has 0 unspecified atom stereocenters. The molecule has 0 saturated heterocycles. The van der Waals surface area contributed by atoms with Crippen molar-refractivity contribution in [1.29, 1.82) is 0 Å². The van der Waals surface area contributed by atoms with E-state index in [1.807, 2.05) is 24.3 Å². The van der Waals surface area contributed by atoms with E-state index in [1.165, 1.54) is 11.8 Å². The molecule has 1 heterocycles. The summed E-state index contributed by atoms with van der Waals surface area (Å²) in [5.41, 5.74) is 0.888. The monoisotopic (exact) mass is 489 g/mol. The highest BCUT2D eigenvalue weighted by Crippen LogP contribution is 2.29. The maximum Gasteiger partial charge on any atom is 0.254 e. The highest BCUT2D eigenvalue weighted by molar-refractivity contribution is 9.10. The predicted molar refractivity (Wildman–Crippen MR) is 119 cm³/mol. The lowest BCUT2D eigenvalue weighted by atomic mass is 10.2. The van der Waals surface area contributed by atoms with E-state index < -0.39 is 0 Å². The molecule has 0 atom stereocenters. The van der Waals surface area contributed by atoms with Crippen LogP contribution in [0.5, 0.6) is 0 Å². The van der Waals surface area contributed by atoms with Crippen LogP contribution in [0, 0.1) is 0 Å². The quantitative estimate of drug-likeness (QED) is 0.466. The van der Waals surface area contributed by atoms with Crippen molar-refractivity contribution in [3.05, 3.63) is 87.5 Å². The zero-order chi connectivity index (χ0) is 20.6. The normalized spacial score (nSPS) is 10.4. The molecule has 0 aliphatic heterocycles. The topological polar surface area (TPSA) is 71.1 Å². The average Bonchev–Trinajstić information content (AvgIpc) is 2.73. The van der Waals surface area contributed by atoms with E-state index >= 15 is 0 Å². The number of carbonyl (C=O) groups excluding carboxylic acids is 2. The van der Waals surface area contributed by atoms with Crippen molar-refractivity contribution >= 4 is 51.1 Å². The molecule has 3 rings (SSSR count). The van der Waals surface area contributed by atoms with Gasteiger partial charge >= 0.3 is 0 Å². The first-order valence-corrected chi connectivity index (χ1v) is 10.7. The number of halogens is 2. The van der Waals surface area contributed by atoms with E-state index in [0.29, 0.717) is 21.2 Å². The van der Waals surface area contributed by atoms with Crippen molar-refractivity contribution in [3.8, 4) is 0 Å². The minimum Gasteiger partial charge on any atom is -0.350 e. The Hall–Kier alpha value is -2.35. The predicted octanol–water partition coefficient (Wildman–Crippen LogP) is 4.81. The van der Waals surface area contributed by atoms with Crippen LogP contribution in [0.1, 0.15) is 20.7 Å². The Morgan fingerprint density at radius 3 is 2.21 bits per heavy atom. The van der Waals surface area contributed by atoms with E-state index in [4.69, 9.17) is 11.6 Å². The highest BCUT2D eigenvalue weighted by Gasteiger charge is 2.14. The summed E-state index contributed by atoms with van der Waals surface area (Å²) in [5, 5.41) is 6.56. The number of nitrogens with zero attached hydrogens (tertiary/aromatic N) is 1. The average molecular weight is 491 g/mol. The summed E-state index contributed by atoms with van der Waals surface area (Å²) >= 11 is 10.8. The van der Waals surface area contributed by atoms with Crippen LogP contribution in [0.15, 0.2) is 81.3 Å². The molecule has 148 valence electrons. The molecule has 0 bridgehead atoms. The smallest absolute Gasteiger partial charge is 0.254 e.